The number of aliphatic hydroxyl groups is 1. The van der Waals surface area contributed by atoms with Crippen LogP contribution in [0.3, 0.4) is 0 Å². The monoisotopic (exact) mass is 356 g/mol. The van der Waals surface area contributed by atoms with Crippen LogP contribution in [-0.2, 0) is 20.2 Å². The summed E-state index contributed by atoms with van der Waals surface area (Å²) in [6.07, 6.45) is 0. The Labute approximate surface area is 132 Å². The Hall–Kier alpha value is -1.78. The molecule has 0 aliphatic heterocycles. The van der Waals surface area contributed by atoms with Crippen LogP contribution in [0.25, 0.3) is 11.1 Å². The highest BCUT2D eigenvalue weighted by molar-refractivity contribution is 7.86. The molecule has 0 aromatic heterocycles. The molecule has 0 spiro atoms. The molecule has 1 aliphatic carbocycles. The lowest BCUT2D eigenvalue weighted by atomic mass is 9.98. The van der Waals surface area contributed by atoms with Crippen molar-refractivity contribution < 1.29 is 31.0 Å². The van der Waals surface area contributed by atoms with Crippen LogP contribution >= 0.6 is 0 Å². The van der Waals surface area contributed by atoms with Gasteiger partial charge in [-0.15, -0.1) is 0 Å². The summed E-state index contributed by atoms with van der Waals surface area (Å²) in [6, 6.07) is 7.93. The zero-order valence-electron chi connectivity index (χ0n) is 11.5. The van der Waals surface area contributed by atoms with Crippen molar-refractivity contribution in [3.05, 3.63) is 47.5 Å². The Bertz CT molecular complexity index is 926. The van der Waals surface area contributed by atoms with Crippen LogP contribution in [0.5, 0.6) is 0 Å². The Morgan fingerprint density at radius 2 is 1.17 bits per heavy atom. The molecule has 0 saturated carbocycles. The van der Waals surface area contributed by atoms with E-state index in [2.05, 4.69) is 0 Å². The summed E-state index contributed by atoms with van der Waals surface area (Å²) in [5, 5.41) is 9.62. The summed E-state index contributed by atoms with van der Waals surface area (Å²) in [5.74, 6) is -0.650. The van der Waals surface area contributed by atoms with E-state index in [4.69, 9.17) is 9.11 Å². The molecule has 3 N–H and O–H groups in total. The van der Waals surface area contributed by atoms with Crippen LogP contribution in [0.2, 0.25) is 0 Å². The topological polar surface area (TPSA) is 129 Å². The average molecular weight is 356 g/mol. The molecule has 0 fully saturated rings. The van der Waals surface area contributed by atoms with Crippen molar-refractivity contribution in [1.82, 2.24) is 0 Å². The molecular weight excluding hydrogens is 344 g/mol. The lowest BCUT2D eigenvalue weighted by Crippen LogP contribution is -2.05. The molecular formula is C14H12O7S2. The first-order valence-corrected chi connectivity index (χ1v) is 9.35. The molecule has 0 heterocycles. The molecule has 0 amide bonds. The van der Waals surface area contributed by atoms with E-state index in [9.17, 15) is 21.9 Å². The van der Waals surface area contributed by atoms with Gasteiger partial charge >= 0.3 is 0 Å². The molecule has 2 aromatic rings. The van der Waals surface area contributed by atoms with E-state index < -0.39 is 26.2 Å². The first-order chi connectivity index (χ1) is 10.6. The Balaban J connectivity index is 2.25. The van der Waals surface area contributed by atoms with E-state index >= 15 is 0 Å². The van der Waals surface area contributed by atoms with E-state index in [0.29, 0.717) is 22.3 Å². The van der Waals surface area contributed by atoms with Crippen molar-refractivity contribution in [1.29, 1.82) is 0 Å². The zero-order chi connectivity index (χ0) is 17.0. The maximum absolute atomic E-state index is 11.3. The number of hydrogen-bond donors (Lipinski definition) is 3. The highest BCUT2D eigenvalue weighted by atomic mass is 32.2. The van der Waals surface area contributed by atoms with Gasteiger partial charge in [-0.2, -0.15) is 16.8 Å². The molecule has 1 aliphatic rings. The molecule has 23 heavy (non-hydrogen) atoms. The van der Waals surface area contributed by atoms with Gasteiger partial charge in [-0.1, -0.05) is 12.1 Å². The predicted octanol–water partition coefficient (Wildman–Crippen LogP) is 1.28. The van der Waals surface area contributed by atoms with Crippen molar-refractivity contribution in [2.45, 2.75) is 15.7 Å². The first kappa shape index (κ1) is 16.1. The van der Waals surface area contributed by atoms with Crippen LogP contribution in [-0.4, -0.2) is 37.7 Å². The number of hydrogen-bond acceptors (Lipinski definition) is 5. The van der Waals surface area contributed by atoms with Crippen molar-refractivity contribution in [2.24, 2.45) is 0 Å². The molecule has 0 unspecified atom stereocenters. The van der Waals surface area contributed by atoms with Crippen LogP contribution in [0.4, 0.5) is 0 Å². The molecule has 2 aromatic carbocycles. The number of rotatable bonds is 3. The maximum Gasteiger partial charge on any atom is 0.294 e. The Morgan fingerprint density at radius 3 is 1.48 bits per heavy atom. The lowest BCUT2D eigenvalue weighted by Gasteiger charge is -2.11. The second-order valence-electron chi connectivity index (χ2n) is 5.18. The molecule has 0 bridgehead atoms. The van der Waals surface area contributed by atoms with Gasteiger partial charge in [0.05, 0.1) is 16.4 Å². The molecule has 7 nitrogen and oxygen atoms in total. The van der Waals surface area contributed by atoms with Gasteiger partial charge in [0.2, 0.25) is 0 Å². The Morgan fingerprint density at radius 1 is 0.783 bits per heavy atom. The minimum absolute atomic E-state index is 0.308. The van der Waals surface area contributed by atoms with Gasteiger partial charge in [0.25, 0.3) is 20.2 Å². The van der Waals surface area contributed by atoms with Gasteiger partial charge < -0.3 is 5.11 Å². The second-order valence-corrected chi connectivity index (χ2v) is 8.03. The van der Waals surface area contributed by atoms with Crippen molar-refractivity contribution in [2.75, 3.05) is 6.61 Å². The summed E-state index contributed by atoms with van der Waals surface area (Å²) >= 11 is 0. The summed E-state index contributed by atoms with van der Waals surface area (Å²) in [5.41, 5.74) is 2.19. The summed E-state index contributed by atoms with van der Waals surface area (Å²) < 4.78 is 63.4. The SMILES string of the molecule is O=S(=O)(O)c1ccc2c(c1)C(CO)c1cc(S(=O)(=O)O)ccc1-2. The highest BCUT2D eigenvalue weighted by Gasteiger charge is 2.30. The van der Waals surface area contributed by atoms with Crippen molar-refractivity contribution in [3.8, 4) is 11.1 Å². The van der Waals surface area contributed by atoms with Crippen LogP contribution < -0.4 is 0 Å². The highest BCUT2D eigenvalue weighted by Crippen LogP contribution is 2.45. The average Bonchev–Trinajstić information content (AvgIpc) is 2.77. The van der Waals surface area contributed by atoms with E-state index in [1.54, 1.807) is 0 Å². The molecule has 122 valence electrons. The van der Waals surface area contributed by atoms with Gasteiger partial charge in [-0.3, -0.25) is 9.11 Å². The largest absolute Gasteiger partial charge is 0.395 e. The van der Waals surface area contributed by atoms with Crippen LogP contribution in [0.15, 0.2) is 46.2 Å². The summed E-state index contributed by atoms with van der Waals surface area (Å²) in [4.78, 5) is -0.616. The number of benzene rings is 2. The van der Waals surface area contributed by atoms with Gasteiger partial charge in [0.15, 0.2) is 0 Å². The zero-order valence-corrected chi connectivity index (χ0v) is 13.2. The molecule has 3 rings (SSSR count). The van der Waals surface area contributed by atoms with Crippen molar-refractivity contribution in [3.63, 3.8) is 0 Å². The minimum atomic E-state index is -4.39. The quantitative estimate of drug-likeness (QED) is 0.707. The third kappa shape index (κ3) is 2.66. The van der Waals surface area contributed by atoms with E-state index in [0.717, 1.165) is 0 Å². The molecule has 0 saturated heterocycles. The maximum atomic E-state index is 11.3. The second kappa shape index (κ2) is 5.11. The van der Waals surface area contributed by atoms with E-state index in [1.807, 2.05) is 0 Å². The van der Waals surface area contributed by atoms with Gasteiger partial charge in [-0.05, 0) is 46.5 Å². The summed E-state index contributed by atoms with van der Waals surface area (Å²) in [6.45, 7) is -0.385. The number of fused-ring (bicyclic) bond motifs is 3. The van der Waals surface area contributed by atoms with Crippen LogP contribution in [0.1, 0.15) is 17.0 Å². The van der Waals surface area contributed by atoms with Gasteiger partial charge in [-0.25, -0.2) is 0 Å². The molecule has 0 radical (unpaired) electrons. The normalized spacial score (nSPS) is 14.6. The fourth-order valence-corrected chi connectivity index (χ4v) is 3.87. The third-order valence-corrected chi connectivity index (χ3v) is 5.56. The molecule has 9 heteroatoms. The van der Waals surface area contributed by atoms with Gasteiger partial charge in [0.1, 0.15) is 0 Å². The lowest BCUT2D eigenvalue weighted by molar-refractivity contribution is 0.282. The fraction of sp³-hybridized carbons (Fsp3) is 0.143. The van der Waals surface area contributed by atoms with Gasteiger partial charge in [0, 0.05) is 5.92 Å². The smallest absolute Gasteiger partial charge is 0.294 e. The van der Waals surface area contributed by atoms with E-state index in [-0.39, 0.29) is 16.4 Å². The van der Waals surface area contributed by atoms with E-state index in [1.165, 1.54) is 36.4 Å². The minimum Gasteiger partial charge on any atom is -0.395 e. The third-order valence-electron chi connectivity index (χ3n) is 3.87. The fourth-order valence-electron chi connectivity index (χ4n) is 2.83. The Kier molecular flexibility index (Phi) is 3.58. The molecule has 0 atom stereocenters. The number of aliphatic hydroxyl groups excluding tert-OH is 1. The summed E-state index contributed by atoms with van der Waals surface area (Å²) in [7, 11) is -8.78. The van der Waals surface area contributed by atoms with Crippen LogP contribution in [0, 0.1) is 0 Å². The standard InChI is InChI=1S/C14H12O7S2/c15-7-14-12-5-8(22(16,17)18)1-3-10(12)11-4-2-9(6-13(11)14)23(19,20)21/h1-6,14-15H,7H2,(H,16,17,18)(H,19,20,21). The van der Waals surface area contributed by atoms with Crippen molar-refractivity contribution >= 4 is 20.2 Å². The predicted molar refractivity (Wildman–Crippen MR) is 80.4 cm³/mol. The first-order valence-electron chi connectivity index (χ1n) is 6.47.